The standard InChI is InChI=1S/C21H25N3OS/c1-15-8-9-18(14-16(15)2)26-13-10-21(25)22-11-12-24-17(3)23-19-6-4-5-7-20(19)24/h4-9,14H,10-13H2,1-3H3,(H,22,25). The van der Waals surface area contributed by atoms with Gasteiger partial charge in [0.05, 0.1) is 11.0 Å². The Labute approximate surface area is 159 Å². The molecule has 0 spiro atoms. The number of carbonyl (C=O) groups is 1. The zero-order valence-electron chi connectivity index (χ0n) is 15.6. The van der Waals surface area contributed by atoms with Crippen LogP contribution in [0.25, 0.3) is 11.0 Å². The Balaban J connectivity index is 1.44. The lowest BCUT2D eigenvalue weighted by atomic mass is 10.1. The van der Waals surface area contributed by atoms with Gasteiger partial charge in [0.25, 0.3) is 0 Å². The van der Waals surface area contributed by atoms with Crippen molar-refractivity contribution in [2.45, 2.75) is 38.6 Å². The molecule has 136 valence electrons. The van der Waals surface area contributed by atoms with Crippen LogP contribution in [0.2, 0.25) is 0 Å². The highest BCUT2D eigenvalue weighted by Gasteiger charge is 2.07. The number of nitrogens with one attached hydrogen (secondary N) is 1. The fourth-order valence-corrected chi connectivity index (χ4v) is 3.89. The van der Waals surface area contributed by atoms with E-state index in [4.69, 9.17) is 0 Å². The van der Waals surface area contributed by atoms with Crippen molar-refractivity contribution in [3.05, 3.63) is 59.4 Å². The van der Waals surface area contributed by atoms with E-state index < -0.39 is 0 Å². The van der Waals surface area contributed by atoms with Crippen molar-refractivity contribution in [3.8, 4) is 0 Å². The van der Waals surface area contributed by atoms with Crippen molar-refractivity contribution < 1.29 is 4.79 Å². The van der Waals surface area contributed by atoms with Crippen molar-refractivity contribution in [2.75, 3.05) is 12.3 Å². The predicted molar refractivity (Wildman–Crippen MR) is 109 cm³/mol. The molecule has 1 amide bonds. The SMILES string of the molecule is Cc1ccc(SCCC(=O)NCCn2c(C)nc3ccccc32)cc1C. The van der Waals surface area contributed by atoms with Crippen molar-refractivity contribution in [3.63, 3.8) is 0 Å². The number of benzene rings is 2. The molecule has 0 aliphatic carbocycles. The lowest BCUT2D eigenvalue weighted by Crippen LogP contribution is -2.27. The van der Waals surface area contributed by atoms with E-state index in [1.165, 1.54) is 16.0 Å². The van der Waals surface area contributed by atoms with Crippen LogP contribution in [0.1, 0.15) is 23.4 Å². The third-order valence-corrected chi connectivity index (χ3v) is 5.57. The number of nitrogens with zero attached hydrogens (tertiary/aromatic N) is 2. The molecule has 1 aromatic heterocycles. The molecule has 5 heteroatoms. The third kappa shape index (κ3) is 4.47. The molecule has 0 aliphatic rings. The number of imidazole rings is 1. The highest BCUT2D eigenvalue weighted by atomic mass is 32.2. The lowest BCUT2D eigenvalue weighted by Gasteiger charge is -2.09. The number of hydrogen-bond acceptors (Lipinski definition) is 3. The minimum Gasteiger partial charge on any atom is -0.354 e. The Morgan fingerprint density at radius 3 is 2.73 bits per heavy atom. The molecule has 2 aromatic carbocycles. The van der Waals surface area contributed by atoms with E-state index in [2.05, 4.69) is 53.0 Å². The molecule has 0 saturated heterocycles. The van der Waals surface area contributed by atoms with Crippen LogP contribution in [0, 0.1) is 20.8 Å². The number of amides is 1. The van der Waals surface area contributed by atoms with E-state index >= 15 is 0 Å². The molecule has 1 N–H and O–H groups in total. The number of hydrogen-bond donors (Lipinski definition) is 1. The van der Waals surface area contributed by atoms with Crippen LogP contribution in [0.15, 0.2) is 47.4 Å². The Kier molecular flexibility index (Phi) is 5.99. The summed E-state index contributed by atoms with van der Waals surface area (Å²) in [5, 5.41) is 3.02. The summed E-state index contributed by atoms with van der Waals surface area (Å²) in [5.74, 6) is 1.87. The summed E-state index contributed by atoms with van der Waals surface area (Å²) < 4.78 is 2.15. The van der Waals surface area contributed by atoms with Gasteiger partial charge in [-0.15, -0.1) is 11.8 Å². The van der Waals surface area contributed by atoms with Crippen LogP contribution >= 0.6 is 11.8 Å². The molecule has 0 radical (unpaired) electrons. The van der Waals surface area contributed by atoms with E-state index in [0.29, 0.717) is 13.0 Å². The van der Waals surface area contributed by atoms with Gasteiger partial charge < -0.3 is 9.88 Å². The number of para-hydroxylation sites is 2. The van der Waals surface area contributed by atoms with E-state index in [0.717, 1.165) is 29.2 Å². The number of aryl methyl sites for hydroxylation is 3. The van der Waals surface area contributed by atoms with Gasteiger partial charge in [-0.05, 0) is 56.2 Å². The largest absolute Gasteiger partial charge is 0.354 e. The summed E-state index contributed by atoms with van der Waals surface area (Å²) >= 11 is 1.73. The fraction of sp³-hybridized carbons (Fsp3) is 0.333. The van der Waals surface area contributed by atoms with Gasteiger partial charge >= 0.3 is 0 Å². The smallest absolute Gasteiger partial charge is 0.220 e. The van der Waals surface area contributed by atoms with Gasteiger partial charge in [0, 0.05) is 30.2 Å². The van der Waals surface area contributed by atoms with Crippen molar-refractivity contribution in [2.24, 2.45) is 0 Å². The average Bonchev–Trinajstić information content (AvgIpc) is 2.94. The first-order chi connectivity index (χ1) is 12.5. The van der Waals surface area contributed by atoms with E-state index in [9.17, 15) is 4.79 Å². The lowest BCUT2D eigenvalue weighted by molar-refractivity contribution is -0.120. The molecule has 0 saturated carbocycles. The summed E-state index contributed by atoms with van der Waals surface area (Å²) in [4.78, 5) is 17.9. The van der Waals surface area contributed by atoms with Gasteiger partial charge in [0.2, 0.25) is 5.91 Å². The molecule has 26 heavy (non-hydrogen) atoms. The van der Waals surface area contributed by atoms with Gasteiger partial charge in [-0.3, -0.25) is 4.79 Å². The van der Waals surface area contributed by atoms with Crippen molar-refractivity contribution in [1.82, 2.24) is 14.9 Å². The molecule has 4 nitrogen and oxygen atoms in total. The van der Waals surface area contributed by atoms with Gasteiger partial charge in [-0.1, -0.05) is 18.2 Å². The van der Waals surface area contributed by atoms with Gasteiger partial charge in [0.15, 0.2) is 0 Å². The summed E-state index contributed by atoms with van der Waals surface area (Å²) in [7, 11) is 0. The van der Waals surface area contributed by atoms with Gasteiger partial charge in [-0.25, -0.2) is 4.98 Å². The normalized spacial score (nSPS) is 11.0. The second kappa shape index (κ2) is 8.41. The summed E-state index contributed by atoms with van der Waals surface area (Å²) in [5.41, 5.74) is 4.71. The van der Waals surface area contributed by atoms with Gasteiger partial charge in [0.1, 0.15) is 5.82 Å². The van der Waals surface area contributed by atoms with E-state index in [-0.39, 0.29) is 5.91 Å². The van der Waals surface area contributed by atoms with Crippen molar-refractivity contribution >= 4 is 28.7 Å². The van der Waals surface area contributed by atoms with Crippen LogP contribution in [0.5, 0.6) is 0 Å². The minimum absolute atomic E-state index is 0.100. The molecule has 3 aromatic rings. The zero-order valence-corrected chi connectivity index (χ0v) is 16.4. The average molecular weight is 368 g/mol. The second-order valence-electron chi connectivity index (χ2n) is 6.49. The minimum atomic E-state index is 0.100. The maximum atomic E-state index is 12.1. The Morgan fingerprint density at radius 1 is 1.12 bits per heavy atom. The first-order valence-electron chi connectivity index (χ1n) is 8.93. The molecule has 1 heterocycles. The van der Waals surface area contributed by atoms with Crippen LogP contribution in [0.4, 0.5) is 0 Å². The molecular formula is C21H25N3OS. The molecule has 0 unspecified atom stereocenters. The highest BCUT2D eigenvalue weighted by Crippen LogP contribution is 2.21. The fourth-order valence-electron chi connectivity index (χ4n) is 2.94. The first kappa shape index (κ1) is 18.5. The number of rotatable bonds is 7. The Morgan fingerprint density at radius 2 is 1.92 bits per heavy atom. The summed E-state index contributed by atoms with van der Waals surface area (Å²) in [6, 6.07) is 14.5. The summed E-state index contributed by atoms with van der Waals surface area (Å²) in [6.45, 7) is 7.59. The quantitative estimate of drug-likeness (QED) is 0.635. The number of thioether (sulfide) groups is 1. The van der Waals surface area contributed by atoms with E-state index in [1.54, 1.807) is 11.8 Å². The Bertz CT molecular complexity index is 917. The van der Waals surface area contributed by atoms with Crippen LogP contribution in [-0.4, -0.2) is 27.8 Å². The summed E-state index contributed by atoms with van der Waals surface area (Å²) in [6.07, 6.45) is 0.529. The topological polar surface area (TPSA) is 46.9 Å². The maximum Gasteiger partial charge on any atom is 0.220 e. The van der Waals surface area contributed by atoms with Gasteiger partial charge in [-0.2, -0.15) is 0 Å². The molecule has 0 atom stereocenters. The predicted octanol–water partition coefficient (Wildman–Crippen LogP) is 4.26. The maximum absolute atomic E-state index is 12.1. The van der Waals surface area contributed by atoms with Crippen LogP contribution < -0.4 is 5.32 Å². The monoisotopic (exact) mass is 367 g/mol. The zero-order chi connectivity index (χ0) is 18.5. The molecule has 0 bridgehead atoms. The Hall–Kier alpha value is -2.27. The first-order valence-corrected chi connectivity index (χ1v) is 9.92. The van der Waals surface area contributed by atoms with Crippen molar-refractivity contribution in [1.29, 1.82) is 0 Å². The number of aromatic nitrogens is 2. The molecular weight excluding hydrogens is 342 g/mol. The van der Waals surface area contributed by atoms with Crippen LogP contribution in [-0.2, 0) is 11.3 Å². The third-order valence-electron chi connectivity index (χ3n) is 4.58. The molecule has 3 rings (SSSR count). The number of fused-ring (bicyclic) bond motifs is 1. The van der Waals surface area contributed by atoms with E-state index in [1.807, 2.05) is 25.1 Å². The highest BCUT2D eigenvalue weighted by molar-refractivity contribution is 7.99. The molecule has 0 fully saturated rings. The molecule has 0 aliphatic heterocycles. The second-order valence-corrected chi connectivity index (χ2v) is 7.66. The van der Waals surface area contributed by atoms with Crippen LogP contribution in [0.3, 0.4) is 0 Å². The number of carbonyl (C=O) groups excluding carboxylic acids is 1.